The first-order valence-electron chi connectivity index (χ1n) is 3.91. The lowest BCUT2D eigenvalue weighted by atomic mass is 10.3. The summed E-state index contributed by atoms with van der Waals surface area (Å²) >= 11 is 5.68. The summed E-state index contributed by atoms with van der Waals surface area (Å²) in [6, 6.07) is 3.93. The minimum atomic E-state index is 0.517. The van der Waals surface area contributed by atoms with Gasteiger partial charge < -0.3 is 4.57 Å². The Bertz CT molecular complexity index is 383. The summed E-state index contributed by atoms with van der Waals surface area (Å²) in [4.78, 5) is 7.94. The van der Waals surface area contributed by atoms with Gasteiger partial charge in [0.15, 0.2) is 0 Å². The summed E-state index contributed by atoms with van der Waals surface area (Å²) in [5, 5.41) is 0.517. The number of aromatic nitrogens is 3. The van der Waals surface area contributed by atoms with E-state index in [2.05, 4.69) is 9.97 Å². The van der Waals surface area contributed by atoms with Gasteiger partial charge in [-0.3, -0.25) is 4.98 Å². The van der Waals surface area contributed by atoms with Gasteiger partial charge in [-0.1, -0.05) is 17.7 Å². The minimum absolute atomic E-state index is 0.517. The monoisotopic (exact) mass is 193 g/mol. The van der Waals surface area contributed by atoms with E-state index >= 15 is 0 Å². The van der Waals surface area contributed by atoms with Crippen molar-refractivity contribution >= 4 is 11.6 Å². The van der Waals surface area contributed by atoms with Crippen LogP contribution in [0, 0.1) is 0 Å². The van der Waals surface area contributed by atoms with Crippen molar-refractivity contribution in [3.8, 4) is 0 Å². The Morgan fingerprint density at radius 3 is 3.00 bits per heavy atom. The van der Waals surface area contributed by atoms with Gasteiger partial charge in [-0.05, 0) is 11.6 Å². The van der Waals surface area contributed by atoms with Crippen LogP contribution in [0.15, 0.2) is 37.1 Å². The average Bonchev–Trinajstić information content (AvgIpc) is 2.53. The van der Waals surface area contributed by atoms with Crippen molar-refractivity contribution in [3.63, 3.8) is 0 Å². The van der Waals surface area contributed by atoms with E-state index in [4.69, 9.17) is 11.6 Å². The van der Waals surface area contributed by atoms with Crippen LogP contribution < -0.4 is 0 Å². The molecule has 2 aromatic rings. The zero-order chi connectivity index (χ0) is 9.10. The Kier molecular flexibility index (Phi) is 2.27. The van der Waals surface area contributed by atoms with E-state index in [9.17, 15) is 0 Å². The topological polar surface area (TPSA) is 30.7 Å². The van der Waals surface area contributed by atoms with Crippen molar-refractivity contribution in [2.24, 2.45) is 0 Å². The fraction of sp³-hybridized carbons (Fsp3) is 0.111. The zero-order valence-corrected chi connectivity index (χ0v) is 7.65. The Balaban J connectivity index is 2.15. The highest BCUT2D eigenvalue weighted by atomic mass is 35.5. The van der Waals surface area contributed by atoms with Crippen LogP contribution in [0.2, 0.25) is 5.15 Å². The SMILES string of the molecule is Clc1cn(Cc2cccnc2)cn1. The molecule has 4 heteroatoms. The van der Waals surface area contributed by atoms with Crippen LogP contribution in [0.5, 0.6) is 0 Å². The summed E-state index contributed by atoms with van der Waals surface area (Å²) in [5.41, 5.74) is 1.14. The molecule has 2 aromatic heterocycles. The van der Waals surface area contributed by atoms with Gasteiger partial charge in [0.25, 0.3) is 0 Å². The number of hydrogen-bond acceptors (Lipinski definition) is 2. The Labute approximate surface area is 81.0 Å². The lowest BCUT2D eigenvalue weighted by Crippen LogP contribution is -1.96. The standard InChI is InChI=1S/C9H8ClN3/c10-9-6-13(7-12-9)5-8-2-1-3-11-4-8/h1-4,6-7H,5H2. The fourth-order valence-corrected chi connectivity index (χ4v) is 1.29. The summed E-state index contributed by atoms with van der Waals surface area (Å²) in [6.07, 6.45) is 7.07. The van der Waals surface area contributed by atoms with E-state index in [0.29, 0.717) is 5.15 Å². The first-order chi connectivity index (χ1) is 6.34. The quantitative estimate of drug-likeness (QED) is 0.730. The molecule has 0 bridgehead atoms. The fourth-order valence-electron chi connectivity index (χ4n) is 1.12. The molecule has 0 aliphatic carbocycles. The molecule has 2 rings (SSSR count). The number of nitrogens with zero attached hydrogens (tertiary/aromatic N) is 3. The molecule has 3 nitrogen and oxygen atoms in total. The highest BCUT2D eigenvalue weighted by Crippen LogP contribution is 2.05. The largest absolute Gasteiger partial charge is 0.331 e. The van der Waals surface area contributed by atoms with E-state index in [1.54, 1.807) is 18.7 Å². The third-order valence-electron chi connectivity index (χ3n) is 1.69. The van der Waals surface area contributed by atoms with Gasteiger partial charge in [0, 0.05) is 18.6 Å². The summed E-state index contributed by atoms with van der Waals surface area (Å²) in [6.45, 7) is 0.758. The van der Waals surface area contributed by atoms with E-state index in [1.165, 1.54) is 0 Å². The van der Waals surface area contributed by atoms with Gasteiger partial charge in [-0.25, -0.2) is 4.98 Å². The number of hydrogen-bond donors (Lipinski definition) is 0. The first-order valence-corrected chi connectivity index (χ1v) is 4.28. The van der Waals surface area contributed by atoms with Crippen LogP contribution in [0.4, 0.5) is 0 Å². The molecule has 0 aliphatic heterocycles. The van der Waals surface area contributed by atoms with E-state index in [-0.39, 0.29) is 0 Å². The van der Waals surface area contributed by atoms with Gasteiger partial charge in [-0.15, -0.1) is 0 Å². The molecule has 0 N–H and O–H groups in total. The van der Waals surface area contributed by atoms with Gasteiger partial charge in [0.05, 0.1) is 12.9 Å². The second-order valence-corrected chi connectivity index (χ2v) is 3.12. The van der Waals surface area contributed by atoms with Crippen molar-refractivity contribution < 1.29 is 0 Å². The molecule has 0 aromatic carbocycles. The molecule has 0 atom stereocenters. The van der Waals surface area contributed by atoms with Gasteiger partial charge in [0.1, 0.15) is 5.15 Å². The third-order valence-corrected chi connectivity index (χ3v) is 1.88. The van der Waals surface area contributed by atoms with Gasteiger partial charge in [0.2, 0.25) is 0 Å². The Hall–Kier alpha value is -1.35. The van der Waals surface area contributed by atoms with Crippen molar-refractivity contribution in [1.82, 2.24) is 14.5 Å². The predicted octanol–water partition coefficient (Wildman–Crippen LogP) is 1.98. The lowest BCUT2D eigenvalue weighted by Gasteiger charge is -1.99. The van der Waals surface area contributed by atoms with Crippen LogP contribution in [0.25, 0.3) is 0 Å². The Morgan fingerprint density at radius 2 is 2.38 bits per heavy atom. The van der Waals surface area contributed by atoms with Crippen molar-refractivity contribution in [3.05, 3.63) is 47.8 Å². The highest BCUT2D eigenvalue weighted by molar-refractivity contribution is 6.29. The molecule has 0 saturated carbocycles. The molecule has 0 aliphatic rings. The molecule has 0 spiro atoms. The van der Waals surface area contributed by atoms with Crippen LogP contribution in [0.1, 0.15) is 5.56 Å². The first kappa shape index (κ1) is 8.26. The van der Waals surface area contributed by atoms with Crippen molar-refractivity contribution in [1.29, 1.82) is 0 Å². The lowest BCUT2D eigenvalue weighted by molar-refractivity contribution is 0.793. The minimum Gasteiger partial charge on any atom is -0.331 e. The van der Waals surface area contributed by atoms with Crippen LogP contribution in [-0.2, 0) is 6.54 Å². The van der Waals surface area contributed by atoms with Crippen LogP contribution in [-0.4, -0.2) is 14.5 Å². The normalized spacial score (nSPS) is 10.2. The number of imidazole rings is 1. The highest BCUT2D eigenvalue weighted by Gasteiger charge is 1.96. The van der Waals surface area contributed by atoms with E-state index in [1.807, 2.05) is 22.9 Å². The number of halogens is 1. The average molecular weight is 194 g/mol. The second kappa shape index (κ2) is 3.58. The maximum atomic E-state index is 5.68. The van der Waals surface area contributed by atoms with E-state index < -0.39 is 0 Å². The maximum Gasteiger partial charge on any atom is 0.146 e. The molecule has 66 valence electrons. The summed E-state index contributed by atoms with van der Waals surface area (Å²) in [5.74, 6) is 0. The maximum absolute atomic E-state index is 5.68. The van der Waals surface area contributed by atoms with E-state index in [0.717, 1.165) is 12.1 Å². The molecular formula is C9H8ClN3. The Morgan fingerprint density at radius 1 is 1.46 bits per heavy atom. The molecule has 2 heterocycles. The third kappa shape index (κ3) is 2.06. The van der Waals surface area contributed by atoms with Crippen LogP contribution >= 0.6 is 11.6 Å². The smallest absolute Gasteiger partial charge is 0.146 e. The van der Waals surface area contributed by atoms with Crippen molar-refractivity contribution in [2.75, 3.05) is 0 Å². The molecule has 0 amide bonds. The predicted molar refractivity (Wildman–Crippen MR) is 50.6 cm³/mol. The molecular weight excluding hydrogens is 186 g/mol. The number of pyridine rings is 1. The molecule has 0 saturated heterocycles. The molecule has 0 unspecified atom stereocenters. The molecule has 0 radical (unpaired) electrons. The summed E-state index contributed by atoms with van der Waals surface area (Å²) < 4.78 is 1.92. The molecule has 0 fully saturated rings. The summed E-state index contributed by atoms with van der Waals surface area (Å²) in [7, 11) is 0. The van der Waals surface area contributed by atoms with Gasteiger partial charge in [-0.2, -0.15) is 0 Å². The van der Waals surface area contributed by atoms with Crippen LogP contribution in [0.3, 0.4) is 0 Å². The second-order valence-electron chi connectivity index (χ2n) is 2.73. The zero-order valence-electron chi connectivity index (χ0n) is 6.89. The van der Waals surface area contributed by atoms with Gasteiger partial charge >= 0.3 is 0 Å². The molecule has 13 heavy (non-hydrogen) atoms. The van der Waals surface area contributed by atoms with Crippen molar-refractivity contribution in [2.45, 2.75) is 6.54 Å². The number of rotatable bonds is 2.